The molecule has 0 aliphatic carbocycles. The molecule has 2 bridgehead atoms. The van der Waals surface area contributed by atoms with Crippen molar-refractivity contribution in [2.75, 3.05) is 13.1 Å². The summed E-state index contributed by atoms with van der Waals surface area (Å²) in [5.41, 5.74) is 0.531. The molecular formula is C17H26Cl2N4O2. The number of fused-ring (bicyclic) bond motifs is 2. The van der Waals surface area contributed by atoms with Gasteiger partial charge in [0, 0.05) is 44.0 Å². The van der Waals surface area contributed by atoms with E-state index in [2.05, 4.69) is 20.9 Å². The normalized spacial score (nSPS) is 23.8. The molecule has 0 saturated carbocycles. The van der Waals surface area contributed by atoms with Gasteiger partial charge in [0.25, 0.3) is 5.91 Å². The molecule has 2 unspecified atom stereocenters. The van der Waals surface area contributed by atoms with E-state index in [0.717, 1.165) is 12.8 Å². The number of piperidine rings is 1. The van der Waals surface area contributed by atoms with Crippen LogP contribution in [0.3, 0.4) is 0 Å². The number of halogens is 2. The summed E-state index contributed by atoms with van der Waals surface area (Å²) >= 11 is 0. The first-order chi connectivity index (χ1) is 11.2. The summed E-state index contributed by atoms with van der Waals surface area (Å²) in [6.07, 6.45) is 8.49. The molecule has 1 aromatic heterocycles. The van der Waals surface area contributed by atoms with Crippen molar-refractivity contribution in [3.05, 3.63) is 30.1 Å². The molecule has 8 heteroatoms. The molecule has 0 radical (unpaired) electrons. The number of amides is 2. The molecule has 2 amide bonds. The maximum absolute atomic E-state index is 12.0. The molecule has 25 heavy (non-hydrogen) atoms. The molecule has 1 aromatic rings. The summed E-state index contributed by atoms with van der Waals surface area (Å²) in [5.74, 6) is 0.424. The van der Waals surface area contributed by atoms with Crippen molar-refractivity contribution in [1.29, 1.82) is 0 Å². The number of nitrogens with one attached hydrogen (secondary N) is 3. The Morgan fingerprint density at radius 3 is 2.44 bits per heavy atom. The highest BCUT2D eigenvalue weighted by molar-refractivity contribution is 5.93. The fourth-order valence-electron chi connectivity index (χ4n) is 3.65. The van der Waals surface area contributed by atoms with Gasteiger partial charge in [-0.3, -0.25) is 14.6 Å². The Bertz CT molecular complexity index is 547. The fourth-order valence-corrected chi connectivity index (χ4v) is 3.65. The minimum atomic E-state index is -0.165. The first kappa shape index (κ1) is 21.7. The van der Waals surface area contributed by atoms with Gasteiger partial charge in [0.15, 0.2) is 0 Å². The molecule has 3 rings (SSSR count). The smallest absolute Gasteiger partial charge is 0.252 e. The van der Waals surface area contributed by atoms with Crippen LogP contribution in [0.2, 0.25) is 0 Å². The van der Waals surface area contributed by atoms with E-state index in [1.165, 1.54) is 19.0 Å². The Balaban J connectivity index is 0.00000156. The third-order valence-corrected chi connectivity index (χ3v) is 4.70. The van der Waals surface area contributed by atoms with Crippen molar-refractivity contribution < 1.29 is 9.59 Å². The lowest BCUT2D eigenvalue weighted by Gasteiger charge is -2.28. The third-order valence-electron chi connectivity index (χ3n) is 4.70. The molecule has 0 spiro atoms. The van der Waals surface area contributed by atoms with E-state index in [1.54, 1.807) is 18.3 Å². The van der Waals surface area contributed by atoms with Crippen molar-refractivity contribution in [3.63, 3.8) is 0 Å². The Hall–Kier alpha value is -1.37. The topological polar surface area (TPSA) is 83.1 Å². The van der Waals surface area contributed by atoms with Crippen molar-refractivity contribution in [2.45, 2.75) is 44.2 Å². The van der Waals surface area contributed by atoms with Crippen molar-refractivity contribution in [2.24, 2.45) is 5.92 Å². The summed E-state index contributed by atoms with van der Waals surface area (Å²) in [7, 11) is 0. The molecule has 2 fully saturated rings. The van der Waals surface area contributed by atoms with Crippen LogP contribution < -0.4 is 16.0 Å². The van der Waals surface area contributed by atoms with Crippen LogP contribution in [0.15, 0.2) is 24.5 Å². The largest absolute Gasteiger partial charge is 0.354 e. The van der Waals surface area contributed by atoms with Crippen LogP contribution in [0.4, 0.5) is 0 Å². The van der Waals surface area contributed by atoms with Gasteiger partial charge in [-0.05, 0) is 43.7 Å². The number of nitrogens with zero attached hydrogens (tertiary/aromatic N) is 1. The third kappa shape index (κ3) is 6.45. The highest BCUT2D eigenvalue weighted by Gasteiger charge is 2.34. The second kappa shape index (κ2) is 10.6. The van der Waals surface area contributed by atoms with Gasteiger partial charge in [0.1, 0.15) is 0 Å². The molecule has 3 heterocycles. The van der Waals surface area contributed by atoms with Gasteiger partial charge in [-0.2, -0.15) is 0 Å². The molecule has 6 nitrogen and oxygen atoms in total. The average Bonchev–Trinajstić information content (AvgIpc) is 2.91. The molecule has 2 aliphatic rings. The van der Waals surface area contributed by atoms with E-state index >= 15 is 0 Å². The lowest BCUT2D eigenvalue weighted by molar-refractivity contribution is -0.122. The minimum Gasteiger partial charge on any atom is -0.354 e. The van der Waals surface area contributed by atoms with Crippen LogP contribution >= 0.6 is 24.8 Å². The lowest BCUT2D eigenvalue weighted by Crippen LogP contribution is -2.40. The minimum absolute atomic E-state index is 0. The standard InChI is InChI=1S/C17H24N4O2.2ClH/c22-16(10-12-8-14-3-4-15(9-12)21-14)19-6-7-20-17(23)13-2-1-5-18-11-13;;/h1-2,5,11-12,14-15,21H,3-4,6-10H2,(H,19,22)(H,20,23);2*1H. The Morgan fingerprint density at radius 2 is 1.80 bits per heavy atom. The first-order valence-electron chi connectivity index (χ1n) is 8.41. The molecule has 3 N–H and O–H groups in total. The SMILES string of the molecule is Cl.Cl.O=C(CC1CC2CCC(C1)N2)NCCNC(=O)c1cccnc1. The number of aromatic nitrogens is 1. The maximum Gasteiger partial charge on any atom is 0.252 e. The van der Waals surface area contributed by atoms with E-state index in [-0.39, 0.29) is 36.6 Å². The summed E-state index contributed by atoms with van der Waals surface area (Å²) in [5, 5.41) is 9.27. The number of hydrogen-bond donors (Lipinski definition) is 3. The number of carbonyl (C=O) groups is 2. The summed E-state index contributed by atoms with van der Waals surface area (Å²) < 4.78 is 0. The lowest BCUT2D eigenvalue weighted by atomic mass is 9.89. The second-order valence-electron chi connectivity index (χ2n) is 6.53. The maximum atomic E-state index is 12.0. The van der Waals surface area contributed by atoms with Crippen molar-refractivity contribution in [3.8, 4) is 0 Å². The molecule has 140 valence electrons. The monoisotopic (exact) mass is 388 g/mol. The molecule has 2 atom stereocenters. The zero-order valence-corrected chi connectivity index (χ0v) is 15.7. The van der Waals surface area contributed by atoms with Crippen LogP contribution in [0.5, 0.6) is 0 Å². The Labute approximate surface area is 160 Å². The van der Waals surface area contributed by atoms with Crippen molar-refractivity contribution >= 4 is 36.6 Å². The van der Waals surface area contributed by atoms with Gasteiger partial charge in [-0.15, -0.1) is 24.8 Å². The van der Waals surface area contributed by atoms with E-state index in [4.69, 9.17) is 0 Å². The fraction of sp³-hybridized carbons (Fsp3) is 0.588. The number of pyridine rings is 1. The predicted octanol–water partition coefficient (Wildman–Crippen LogP) is 1.69. The van der Waals surface area contributed by atoms with Gasteiger partial charge in [-0.25, -0.2) is 0 Å². The zero-order valence-electron chi connectivity index (χ0n) is 14.1. The Kier molecular flexibility index (Phi) is 9.17. The van der Waals surface area contributed by atoms with E-state index in [1.807, 2.05) is 0 Å². The molecular weight excluding hydrogens is 363 g/mol. The van der Waals surface area contributed by atoms with E-state index in [0.29, 0.717) is 43.1 Å². The highest BCUT2D eigenvalue weighted by atomic mass is 35.5. The number of carbonyl (C=O) groups excluding carboxylic acids is 2. The zero-order chi connectivity index (χ0) is 16.1. The van der Waals surface area contributed by atoms with Gasteiger partial charge in [-0.1, -0.05) is 0 Å². The Morgan fingerprint density at radius 1 is 1.12 bits per heavy atom. The van der Waals surface area contributed by atoms with Gasteiger partial charge < -0.3 is 16.0 Å². The summed E-state index contributed by atoms with van der Waals surface area (Å²) in [4.78, 5) is 27.7. The predicted molar refractivity (Wildman–Crippen MR) is 101 cm³/mol. The van der Waals surface area contributed by atoms with E-state index in [9.17, 15) is 9.59 Å². The van der Waals surface area contributed by atoms with Crippen LogP contribution in [0.25, 0.3) is 0 Å². The second-order valence-corrected chi connectivity index (χ2v) is 6.53. The van der Waals surface area contributed by atoms with Gasteiger partial charge >= 0.3 is 0 Å². The summed E-state index contributed by atoms with van der Waals surface area (Å²) in [6.45, 7) is 0.888. The van der Waals surface area contributed by atoms with Crippen LogP contribution in [0, 0.1) is 5.92 Å². The van der Waals surface area contributed by atoms with Gasteiger partial charge in [0.2, 0.25) is 5.91 Å². The number of rotatable bonds is 6. The van der Waals surface area contributed by atoms with Crippen LogP contribution in [-0.4, -0.2) is 42.0 Å². The average molecular weight is 389 g/mol. The van der Waals surface area contributed by atoms with E-state index < -0.39 is 0 Å². The highest BCUT2D eigenvalue weighted by Crippen LogP contribution is 2.32. The quantitative estimate of drug-likeness (QED) is 0.647. The summed E-state index contributed by atoms with van der Waals surface area (Å²) in [6, 6.07) is 4.67. The van der Waals surface area contributed by atoms with Crippen molar-refractivity contribution in [1.82, 2.24) is 20.9 Å². The number of hydrogen-bond acceptors (Lipinski definition) is 4. The molecule has 2 saturated heterocycles. The molecule has 0 aromatic carbocycles. The first-order valence-corrected chi connectivity index (χ1v) is 8.41. The molecule has 2 aliphatic heterocycles. The van der Waals surface area contributed by atoms with Gasteiger partial charge in [0.05, 0.1) is 5.56 Å². The van der Waals surface area contributed by atoms with Crippen LogP contribution in [-0.2, 0) is 4.79 Å². The van der Waals surface area contributed by atoms with Crippen LogP contribution in [0.1, 0.15) is 42.5 Å².